The molecule has 14 nitrogen and oxygen atoms in total. The van der Waals surface area contributed by atoms with Gasteiger partial charge in [-0.25, -0.2) is 0 Å². The minimum atomic E-state index is -4.56. The topological polar surface area (TPSA) is 215 Å². The van der Waals surface area contributed by atoms with Crippen molar-refractivity contribution >= 4 is 80.8 Å². The van der Waals surface area contributed by atoms with Crippen molar-refractivity contribution in [2.75, 3.05) is 50.1 Å². The summed E-state index contributed by atoms with van der Waals surface area (Å²) >= 11 is 0. The lowest BCUT2D eigenvalue weighted by atomic mass is 9.83. The van der Waals surface area contributed by atoms with E-state index in [1.165, 1.54) is 33.5 Å². The van der Waals surface area contributed by atoms with Crippen LogP contribution in [0.15, 0.2) is 27.3 Å². The Morgan fingerprint density at radius 2 is 1.34 bits per heavy atom. The van der Waals surface area contributed by atoms with Crippen LogP contribution in [0.3, 0.4) is 0 Å². The van der Waals surface area contributed by atoms with Gasteiger partial charge >= 0.3 is 0 Å². The van der Waals surface area contributed by atoms with Crippen molar-refractivity contribution in [1.29, 1.82) is 0 Å². The predicted molar refractivity (Wildman–Crippen MR) is 180 cm³/mol. The number of rotatable bonds is 11. The monoisotopic (exact) mass is 686 g/mol. The fraction of sp³-hybridized carbons (Fsp3) is 0.290. The molecule has 0 spiro atoms. The quantitative estimate of drug-likeness (QED) is 0.0442. The molecule has 1 aliphatic rings. The number of phenolic OH excluding ortho intramolecular Hbond substituents is 1. The second-order valence-electron chi connectivity index (χ2n) is 11.3. The zero-order valence-corrected chi connectivity index (χ0v) is 27.2. The summed E-state index contributed by atoms with van der Waals surface area (Å²) in [6.07, 6.45) is 1.97. The highest BCUT2D eigenvalue weighted by Gasteiger charge is 2.33. The van der Waals surface area contributed by atoms with E-state index in [1.807, 2.05) is 6.92 Å². The van der Waals surface area contributed by atoms with Crippen molar-refractivity contribution < 1.29 is 45.3 Å². The van der Waals surface area contributed by atoms with Gasteiger partial charge < -0.3 is 30.0 Å². The number of phenols is 1. The Balaban J connectivity index is 1.92. The Kier molecular flexibility index (Phi) is 7.74. The summed E-state index contributed by atoms with van der Waals surface area (Å²) in [6.45, 7) is 1.81. The van der Waals surface area contributed by atoms with Crippen LogP contribution in [0.25, 0.3) is 49.2 Å². The van der Waals surface area contributed by atoms with Crippen molar-refractivity contribution in [2.24, 2.45) is 0 Å². The van der Waals surface area contributed by atoms with Crippen LogP contribution in [0.2, 0.25) is 0 Å². The molecule has 0 bridgehead atoms. The Bertz CT molecular complexity index is 2510. The van der Waals surface area contributed by atoms with E-state index in [4.69, 9.17) is 14.2 Å². The molecule has 248 valence electrons. The molecule has 0 saturated carbocycles. The molecule has 5 N–H and O–H groups in total. The molecule has 0 unspecified atom stereocenters. The van der Waals surface area contributed by atoms with E-state index in [-0.39, 0.29) is 58.8 Å². The summed E-state index contributed by atoms with van der Waals surface area (Å²) in [4.78, 5) is 27.6. The second-order valence-corrected chi connectivity index (χ2v) is 14.3. The number of nitrogens with one attached hydrogen (secondary N) is 2. The van der Waals surface area contributed by atoms with Crippen molar-refractivity contribution in [2.45, 2.75) is 19.8 Å². The first-order valence-corrected chi connectivity index (χ1v) is 17.4. The van der Waals surface area contributed by atoms with Crippen molar-refractivity contribution in [1.82, 2.24) is 0 Å². The van der Waals surface area contributed by atoms with Gasteiger partial charge in [0.15, 0.2) is 16.6 Å². The SMILES string of the molecule is COc1c(NCS(=O)(=O)O)c2c(=O)cc(OC)c3c4c(OC)cc(=O)c5c(O)c(NCCCS(=O)(=O)O)c6c(c(c1CC(C)=C6)c23)c54. The van der Waals surface area contributed by atoms with Crippen LogP contribution in [0.5, 0.6) is 23.0 Å². The number of ether oxygens (including phenoxy) is 3. The molecule has 16 heteroatoms. The molecule has 5 aromatic carbocycles. The largest absolute Gasteiger partial charge is 0.505 e. The van der Waals surface area contributed by atoms with Gasteiger partial charge in [0.1, 0.15) is 23.1 Å². The summed E-state index contributed by atoms with van der Waals surface area (Å²) < 4.78 is 82.5. The molecule has 0 amide bonds. The average molecular weight is 687 g/mol. The van der Waals surface area contributed by atoms with Crippen LogP contribution in [0.4, 0.5) is 11.4 Å². The van der Waals surface area contributed by atoms with E-state index in [0.717, 1.165) is 5.57 Å². The first-order chi connectivity index (χ1) is 22.1. The maximum Gasteiger partial charge on any atom is 0.283 e. The van der Waals surface area contributed by atoms with E-state index in [2.05, 4.69) is 10.6 Å². The Hall–Kier alpha value is -4.64. The molecule has 5 aromatic rings. The zero-order chi connectivity index (χ0) is 34.2. The third-order valence-electron chi connectivity index (χ3n) is 8.38. The van der Waals surface area contributed by atoms with Crippen LogP contribution in [0, 0.1) is 0 Å². The number of fused-ring (bicyclic) bond motifs is 1. The van der Waals surface area contributed by atoms with Gasteiger partial charge in [-0.15, -0.1) is 0 Å². The molecule has 0 aliphatic heterocycles. The van der Waals surface area contributed by atoms with Gasteiger partial charge in [-0.05, 0) is 25.2 Å². The van der Waals surface area contributed by atoms with E-state index in [1.54, 1.807) is 6.08 Å². The van der Waals surface area contributed by atoms with Gasteiger partial charge in [0.05, 0.1) is 49.2 Å². The zero-order valence-electron chi connectivity index (χ0n) is 25.6. The average Bonchev–Trinajstić information content (AvgIpc) is 3.14. The second kappa shape index (κ2) is 11.3. The number of hydrogen-bond donors (Lipinski definition) is 5. The number of anilines is 2. The molecule has 1 aliphatic carbocycles. The van der Waals surface area contributed by atoms with E-state index in [0.29, 0.717) is 43.4 Å². The lowest BCUT2D eigenvalue weighted by Gasteiger charge is -2.25. The number of methoxy groups -OCH3 is 3. The Morgan fingerprint density at radius 3 is 1.89 bits per heavy atom. The molecular weight excluding hydrogens is 656 g/mol. The smallest absolute Gasteiger partial charge is 0.283 e. The summed E-state index contributed by atoms with van der Waals surface area (Å²) in [7, 11) is -4.73. The van der Waals surface area contributed by atoms with Crippen molar-refractivity contribution in [3.8, 4) is 23.0 Å². The number of aromatic hydroxyl groups is 1. The Morgan fingerprint density at radius 1 is 0.745 bits per heavy atom. The maximum absolute atomic E-state index is 13.9. The molecule has 6 rings (SSSR count). The summed E-state index contributed by atoms with van der Waals surface area (Å²) in [5.41, 5.74) is 0.688. The fourth-order valence-electron chi connectivity index (χ4n) is 6.74. The van der Waals surface area contributed by atoms with Gasteiger partial charge in [0, 0.05) is 56.7 Å². The van der Waals surface area contributed by atoms with Gasteiger partial charge in [0.2, 0.25) is 0 Å². The molecule has 0 fully saturated rings. The highest BCUT2D eigenvalue weighted by Crippen LogP contribution is 2.56. The fourth-order valence-corrected chi connectivity index (χ4v) is 7.58. The van der Waals surface area contributed by atoms with Crippen LogP contribution in [-0.2, 0) is 26.7 Å². The molecule has 47 heavy (non-hydrogen) atoms. The number of allylic oxidation sites excluding steroid dienone is 1. The van der Waals surface area contributed by atoms with Crippen molar-refractivity contribution in [3.05, 3.63) is 49.3 Å². The minimum absolute atomic E-state index is 0.00537. The molecule has 0 atom stereocenters. The highest BCUT2D eigenvalue weighted by molar-refractivity contribution is 7.86. The summed E-state index contributed by atoms with van der Waals surface area (Å²) in [6, 6.07) is 2.42. The molecular formula is C31H30N2O12S2. The van der Waals surface area contributed by atoms with Crippen LogP contribution < -0.4 is 35.7 Å². The summed E-state index contributed by atoms with van der Waals surface area (Å²) in [5, 5.41) is 19.7. The molecule has 0 heterocycles. The van der Waals surface area contributed by atoms with E-state index < -0.39 is 48.5 Å². The van der Waals surface area contributed by atoms with Crippen molar-refractivity contribution in [3.63, 3.8) is 0 Å². The van der Waals surface area contributed by atoms with E-state index >= 15 is 0 Å². The minimum Gasteiger partial charge on any atom is -0.505 e. The summed E-state index contributed by atoms with van der Waals surface area (Å²) in [5.74, 6) is -1.50. The molecule has 0 radical (unpaired) electrons. The lowest BCUT2D eigenvalue weighted by Crippen LogP contribution is -2.17. The van der Waals surface area contributed by atoms with Crippen LogP contribution >= 0.6 is 0 Å². The van der Waals surface area contributed by atoms with Crippen LogP contribution in [-0.4, -0.2) is 70.6 Å². The molecule has 0 aromatic heterocycles. The standard InChI is InChI=1S/C31H30N2O12S2/c1-13-8-14-20-21-15(9-13)31(45-4)29(33-12-47(40,41)42)22-16(34)10-18(43-2)24(26(21)22)25-19(44-3)11-17(35)23(27(20)25)30(36)28(14)32-6-5-7-46(37,38)39/h8,10-11,32-33,36H,5-7,9,12H2,1-4H3,(H,37,38,39)(H,40,41,42). The first-order valence-electron chi connectivity index (χ1n) is 14.2. The van der Waals surface area contributed by atoms with Gasteiger partial charge in [-0.3, -0.25) is 18.7 Å². The van der Waals surface area contributed by atoms with Gasteiger partial charge in [-0.2, -0.15) is 16.8 Å². The first kappa shape index (κ1) is 32.3. The number of hydrogen-bond acceptors (Lipinski definition) is 12. The maximum atomic E-state index is 13.9. The highest BCUT2D eigenvalue weighted by atomic mass is 32.2. The normalized spacial score (nSPS) is 13.4. The van der Waals surface area contributed by atoms with Gasteiger partial charge in [-0.1, -0.05) is 11.6 Å². The third-order valence-corrected chi connectivity index (χ3v) is 9.69. The van der Waals surface area contributed by atoms with Gasteiger partial charge in [0.25, 0.3) is 20.2 Å². The van der Waals surface area contributed by atoms with E-state index in [9.17, 15) is 40.6 Å². The Labute approximate surface area is 267 Å². The molecule has 0 saturated heterocycles. The lowest BCUT2D eigenvalue weighted by molar-refractivity contribution is 0.413. The predicted octanol–water partition coefficient (Wildman–Crippen LogP) is 3.53. The number of benzene rings is 5. The third kappa shape index (κ3) is 5.17. The van der Waals surface area contributed by atoms with Crippen LogP contribution in [0.1, 0.15) is 24.5 Å².